The highest BCUT2D eigenvalue weighted by atomic mass is 16.2. The van der Waals surface area contributed by atoms with Crippen molar-refractivity contribution in [1.29, 1.82) is 5.41 Å². The quantitative estimate of drug-likeness (QED) is 0.445. The number of nitrogens with one attached hydrogen (secondary N) is 1. The lowest BCUT2D eigenvalue weighted by molar-refractivity contribution is -0.118. The van der Waals surface area contributed by atoms with Crippen molar-refractivity contribution in [3.63, 3.8) is 0 Å². The van der Waals surface area contributed by atoms with Gasteiger partial charge in [-0.2, -0.15) is 0 Å². The summed E-state index contributed by atoms with van der Waals surface area (Å²) in [5.41, 5.74) is 10.7. The van der Waals surface area contributed by atoms with Crippen LogP contribution in [-0.4, -0.2) is 31.2 Å². The summed E-state index contributed by atoms with van der Waals surface area (Å²) in [6.45, 7) is 0.702. The minimum absolute atomic E-state index is 0.0398. The molecule has 0 saturated carbocycles. The number of aryl methyl sites for hydroxylation is 2. The molecular weight excluding hydrogens is 412 g/mol. The topological polar surface area (TPSA) is 90.5 Å². The number of carbonyl (C=O) groups is 2. The summed E-state index contributed by atoms with van der Waals surface area (Å²) in [6, 6.07) is 22.6. The molecule has 0 radical (unpaired) electrons. The zero-order valence-electron chi connectivity index (χ0n) is 18.8. The summed E-state index contributed by atoms with van der Waals surface area (Å²) < 4.78 is 0. The summed E-state index contributed by atoms with van der Waals surface area (Å²) in [5, 5.41) is 7.48. The first-order chi connectivity index (χ1) is 15.9. The average Bonchev–Trinajstić information content (AvgIpc) is 2.86. The van der Waals surface area contributed by atoms with Gasteiger partial charge in [-0.1, -0.05) is 42.5 Å². The molecule has 0 atom stereocenters. The zero-order chi connectivity index (χ0) is 23.4. The molecule has 33 heavy (non-hydrogen) atoms. The number of rotatable bonds is 6. The van der Waals surface area contributed by atoms with Gasteiger partial charge in [-0.3, -0.25) is 15.0 Å². The van der Waals surface area contributed by atoms with Crippen LogP contribution in [0.1, 0.15) is 39.9 Å². The van der Waals surface area contributed by atoms with Crippen LogP contribution in [-0.2, 0) is 17.6 Å². The van der Waals surface area contributed by atoms with E-state index in [9.17, 15) is 9.59 Å². The van der Waals surface area contributed by atoms with Gasteiger partial charge in [0, 0.05) is 42.5 Å². The van der Waals surface area contributed by atoms with Crippen LogP contribution in [0.25, 0.3) is 0 Å². The second kappa shape index (κ2) is 9.69. The second-order valence-electron chi connectivity index (χ2n) is 8.30. The number of amidine groups is 1. The van der Waals surface area contributed by atoms with Crippen LogP contribution in [0.3, 0.4) is 0 Å². The summed E-state index contributed by atoms with van der Waals surface area (Å²) >= 11 is 0. The van der Waals surface area contributed by atoms with Crippen LogP contribution in [0.5, 0.6) is 0 Å². The maximum absolute atomic E-state index is 13.0. The predicted molar refractivity (Wildman–Crippen MR) is 132 cm³/mol. The van der Waals surface area contributed by atoms with Crippen molar-refractivity contribution in [3.05, 3.63) is 95.1 Å². The van der Waals surface area contributed by atoms with Gasteiger partial charge in [-0.25, -0.2) is 0 Å². The Bertz CT molecular complexity index is 1170. The van der Waals surface area contributed by atoms with E-state index < -0.39 is 0 Å². The molecule has 0 spiro atoms. The third-order valence-corrected chi connectivity index (χ3v) is 6.09. The van der Waals surface area contributed by atoms with Crippen molar-refractivity contribution >= 4 is 29.0 Å². The van der Waals surface area contributed by atoms with Crippen LogP contribution in [0, 0.1) is 5.41 Å². The average molecular weight is 441 g/mol. The van der Waals surface area contributed by atoms with E-state index >= 15 is 0 Å². The number of nitrogens with two attached hydrogens (primary N) is 1. The fraction of sp³-hybridized carbons (Fsp3) is 0.222. The van der Waals surface area contributed by atoms with Gasteiger partial charge in [0.2, 0.25) is 5.91 Å². The van der Waals surface area contributed by atoms with Gasteiger partial charge in [0.1, 0.15) is 5.84 Å². The van der Waals surface area contributed by atoms with E-state index in [1.807, 2.05) is 77.7 Å². The smallest absolute Gasteiger partial charge is 0.258 e. The van der Waals surface area contributed by atoms with E-state index in [2.05, 4.69) is 0 Å². The Labute approximate surface area is 194 Å². The molecule has 2 amide bonds. The lowest BCUT2D eigenvalue weighted by atomic mass is 9.99. The standard InChI is InChI=1S/C27H28N4O2/c1-30(27(33)21-6-3-2-4-7-21)23-14-15-24-22(18-23)8-5-17-31(24)25(32)16-11-19-9-12-20(13-10-19)26(28)29/h2-4,6-7,9-10,12-15,18H,5,8,11,16-17H2,1H3,(H3,28,29). The number of amides is 2. The maximum atomic E-state index is 13.0. The molecule has 0 aromatic heterocycles. The number of hydrogen-bond acceptors (Lipinski definition) is 3. The highest BCUT2D eigenvalue weighted by Gasteiger charge is 2.24. The summed E-state index contributed by atoms with van der Waals surface area (Å²) in [4.78, 5) is 29.4. The van der Waals surface area contributed by atoms with Crippen LogP contribution < -0.4 is 15.5 Å². The van der Waals surface area contributed by atoms with Crippen molar-refractivity contribution in [3.8, 4) is 0 Å². The molecule has 0 bridgehead atoms. The Morgan fingerprint density at radius 3 is 2.42 bits per heavy atom. The van der Waals surface area contributed by atoms with Gasteiger partial charge in [0.15, 0.2) is 0 Å². The van der Waals surface area contributed by atoms with Gasteiger partial charge in [0.05, 0.1) is 0 Å². The van der Waals surface area contributed by atoms with Crippen LogP contribution >= 0.6 is 0 Å². The molecule has 0 fully saturated rings. The summed E-state index contributed by atoms with van der Waals surface area (Å²) in [6.07, 6.45) is 2.82. The number of nitrogen functional groups attached to an aromatic ring is 1. The first-order valence-corrected chi connectivity index (χ1v) is 11.1. The van der Waals surface area contributed by atoms with Gasteiger partial charge < -0.3 is 15.5 Å². The fourth-order valence-electron chi connectivity index (χ4n) is 4.18. The monoisotopic (exact) mass is 440 g/mol. The maximum Gasteiger partial charge on any atom is 0.258 e. The van der Waals surface area contributed by atoms with E-state index in [0.29, 0.717) is 30.5 Å². The van der Waals surface area contributed by atoms with Crippen molar-refractivity contribution in [2.45, 2.75) is 25.7 Å². The van der Waals surface area contributed by atoms with Crippen LogP contribution in [0.4, 0.5) is 11.4 Å². The molecule has 168 valence electrons. The van der Waals surface area contributed by atoms with E-state index in [1.165, 1.54) is 0 Å². The zero-order valence-corrected chi connectivity index (χ0v) is 18.8. The lowest BCUT2D eigenvalue weighted by Gasteiger charge is -2.31. The van der Waals surface area contributed by atoms with Crippen molar-refractivity contribution in [2.24, 2.45) is 5.73 Å². The minimum atomic E-state index is -0.0601. The Kier molecular flexibility index (Phi) is 6.54. The van der Waals surface area contributed by atoms with E-state index in [1.54, 1.807) is 11.9 Å². The molecule has 4 rings (SSSR count). The summed E-state index contributed by atoms with van der Waals surface area (Å²) in [5.74, 6) is 0.0705. The number of carbonyl (C=O) groups excluding carboxylic acids is 2. The number of nitrogens with zero attached hydrogens (tertiary/aromatic N) is 2. The highest BCUT2D eigenvalue weighted by molar-refractivity contribution is 6.06. The molecule has 6 nitrogen and oxygen atoms in total. The molecule has 0 aliphatic carbocycles. The number of anilines is 2. The van der Waals surface area contributed by atoms with Gasteiger partial charge >= 0.3 is 0 Å². The molecule has 3 N–H and O–H groups in total. The van der Waals surface area contributed by atoms with E-state index in [-0.39, 0.29) is 17.6 Å². The first kappa shape index (κ1) is 22.3. The molecule has 0 unspecified atom stereocenters. The van der Waals surface area contributed by atoms with Crippen molar-refractivity contribution in [2.75, 3.05) is 23.4 Å². The molecule has 1 aliphatic rings. The minimum Gasteiger partial charge on any atom is -0.384 e. The van der Waals surface area contributed by atoms with E-state index in [4.69, 9.17) is 11.1 Å². The molecule has 6 heteroatoms. The lowest BCUT2D eigenvalue weighted by Crippen LogP contribution is -2.36. The van der Waals surface area contributed by atoms with Gasteiger partial charge in [0.25, 0.3) is 5.91 Å². The van der Waals surface area contributed by atoms with Gasteiger partial charge in [-0.15, -0.1) is 0 Å². The molecular formula is C27H28N4O2. The number of fused-ring (bicyclic) bond motifs is 1. The Hall–Kier alpha value is -3.93. The molecule has 1 heterocycles. The second-order valence-corrected chi connectivity index (χ2v) is 8.30. The van der Waals surface area contributed by atoms with Crippen molar-refractivity contribution < 1.29 is 9.59 Å². The molecule has 3 aromatic rings. The van der Waals surface area contributed by atoms with Gasteiger partial charge in [-0.05, 0) is 60.7 Å². The Morgan fingerprint density at radius 2 is 1.73 bits per heavy atom. The molecule has 0 saturated heterocycles. The Balaban J connectivity index is 1.45. The third kappa shape index (κ3) is 4.95. The largest absolute Gasteiger partial charge is 0.384 e. The molecule has 3 aromatic carbocycles. The van der Waals surface area contributed by atoms with Crippen LogP contribution in [0.15, 0.2) is 72.8 Å². The van der Waals surface area contributed by atoms with Crippen LogP contribution in [0.2, 0.25) is 0 Å². The highest BCUT2D eigenvalue weighted by Crippen LogP contribution is 2.31. The summed E-state index contributed by atoms with van der Waals surface area (Å²) in [7, 11) is 1.78. The van der Waals surface area contributed by atoms with E-state index in [0.717, 1.165) is 35.3 Å². The number of hydrogen-bond donors (Lipinski definition) is 2. The first-order valence-electron chi connectivity index (χ1n) is 11.1. The SMILES string of the molecule is CN(C(=O)c1ccccc1)c1ccc2c(c1)CCCN2C(=O)CCc1ccc(C(=N)N)cc1. The normalized spacial score (nSPS) is 12.7. The number of benzene rings is 3. The molecule has 1 aliphatic heterocycles. The Morgan fingerprint density at radius 1 is 1.00 bits per heavy atom. The van der Waals surface area contributed by atoms with Crippen molar-refractivity contribution in [1.82, 2.24) is 0 Å². The fourth-order valence-corrected chi connectivity index (χ4v) is 4.18. The predicted octanol–water partition coefficient (Wildman–Crippen LogP) is 4.16. The third-order valence-electron chi connectivity index (χ3n) is 6.09.